The number of amides is 1. The van der Waals surface area contributed by atoms with Crippen molar-refractivity contribution in [2.24, 2.45) is 0 Å². The van der Waals surface area contributed by atoms with Crippen LogP contribution in [0.1, 0.15) is 4.88 Å². The van der Waals surface area contributed by atoms with E-state index in [9.17, 15) is 13.2 Å². The molecule has 0 spiro atoms. The third-order valence-electron chi connectivity index (χ3n) is 4.35. The molecule has 1 fully saturated rings. The SMILES string of the molecule is O=C(/C=C/c1cccs1)N1CCN(S(=O)(=O)c2cccc3nsnc23)CC1. The largest absolute Gasteiger partial charge is 0.337 e. The summed E-state index contributed by atoms with van der Waals surface area (Å²) >= 11 is 2.56. The van der Waals surface area contributed by atoms with Crippen molar-refractivity contribution in [3.8, 4) is 0 Å². The Balaban J connectivity index is 1.45. The maximum Gasteiger partial charge on any atom is 0.246 e. The zero-order chi connectivity index (χ0) is 18.9. The summed E-state index contributed by atoms with van der Waals surface area (Å²) < 4.78 is 35.6. The Labute approximate surface area is 164 Å². The molecule has 2 aromatic heterocycles. The van der Waals surface area contributed by atoms with Crippen molar-refractivity contribution in [2.45, 2.75) is 4.90 Å². The number of hydrogen-bond donors (Lipinski definition) is 0. The summed E-state index contributed by atoms with van der Waals surface area (Å²) in [7, 11) is -3.67. The van der Waals surface area contributed by atoms with Gasteiger partial charge in [-0.25, -0.2) is 8.42 Å². The van der Waals surface area contributed by atoms with Crippen molar-refractivity contribution in [1.82, 2.24) is 18.0 Å². The van der Waals surface area contributed by atoms with E-state index in [-0.39, 0.29) is 23.9 Å². The second-order valence-electron chi connectivity index (χ2n) is 5.97. The Morgan fingerprint density at radius 1 is 1.07 bits per heavy atom. The van der Waals surface area contributed by atoms with Crippen molar-refractivity contribution in [1.29, 1.82) is 0 Å². The number of rotatable bonds is 4. The highest BCUT2D eigenvalue weighted by Gasteiger charge is 2.31. The van der Waals surface area contributed by atoms with E-state index in [0.29, 0.717) is 24.1 Å². The summed E-state index contributed by atoms with van der Waals surface area (Å²) in [5.41, 5.74) is 0.980. The highest BCUT2D eigenvalue weighted by atomic mass is 32.2. The van der Waals surface area contributed by atoms with Crippen molar-refractivity contribution >= 4 is 56.1 Å². The van der Waals surface area contributed by atoms with Crippen molar-refractivity contribution in [2.75, 3.05) is 26.2 Å². The van der Waals surface area contributed by atoms with Gasteiger partial charge in [0, 0.05) is 37.1 Å². The molecule has 0 atom stereocenters. The fourth-order valence-electron chi connectivity index (χ4n) is 2.92. The minimum atomic E-state index is -3.67. The van der Waals surface area contributed by atoms with Gasteiger partial charge in [-0.3, -0.25) is 4.79 Å². The van der Waals surface area contributed by atoms with Crippen LogP contribution in [0.2, 0.25) is 0 Å². The number of benzene rings is 1. The fourth-order valence-corrected chi connectivity index (χ4v) is 5.72. The number of carbonyl (C=O) groups is 1. The fraction of sp³-hybridized carbons (Fsp3) is 0.235. The first-order valence-corrected chi connectivity index (χ1v) is 11.3. The smallest absolute Gasteiger partial charge is 0.246 e. The van der Waals surface area contributed by atoms with Crippen molar-refractivity contribution in [3.63, 3.8) is 0 Å². The van der Waals surface area contributed by atoms with Gasteiger partial charge in [-0.2, -0.15) is 13.1 Å². The van der Waals surface area contributed by atoms with Crippen LogP contribution in [0, 0.1) is 0 Å². The van der Waals surface area contributed by atoms with E-state index in [2.05, 4.69) is 8.75 Å². The standard InChI is InChI=1S/C17H16N4O3S3/c22-16(7-6-13-3-2-12-25-13)20-8-10-21(11-9-20)27(23,24)15-5-1-4-14-17(15)19-26-18-14/h1-7,12H,8-11H2/b7-6+. The number of fused-ring (bicyclic) bond motifs is 1. The average Bonchev–Trinajstić information content (AvgIpc) is 3.37. The number of thiophene rings is 1. The first kappa shape index (κ1) is 18.2. The molecule has 140 valence electrons. The van der Waals surface area contributed by atoms with Gasteiger partial charge in [-0.1, -0.05) is 12.1 Å². The first-order chi connectivity index (χ1) is 13.1. The molecule has 0 radical (unpaired) electrons. The number of sulfonamides is 1. The third-order valence-corrected chi connectivity index (χ3v) is 7.66. The third kappa shape index (κ3) is 3.65. The monoisotopic (exact) mass is 420 g/mol. The summed E-state index contributed by atoms with van der Waals surface area (Å²) in [6.45, 7) is 1.24. The van der Waals surface area contributed by atoms with Gasteiger partial charge in [-0.15, -0.1) is 11.3 Å². The molecule has 3 heterocycles. The molecule has 1 aromatic carbocycles. The van der Waals surface area contributed by atoms with E-state index in [1.54, 1.807) is 40.5 Å². The van der Waals surface area contributed by atoms with Crippen LogP contribution in [0.5, 0.6) is 0 Å². The molecule has 0 N–H and O–H groups in total. The lowest BCUT2D eigenvalue weighted by Gasteiger charge is -2.33. The molecule has 3 aromatic rings. The molecule has 0 bridgehead atoms. The van der Waals surface area contributed by atoms with E-state index >= 15 is 0 Å². The van der Waals surface area contributed by atoms with Crippen LogP contribution in [0.15, 0.2) is 46.7 Å². The van der Waals surface area contributed by atoms with Gasteiger partial charge in [0.25, 0.3) is 0 Å². The molecule has 1 aliphatic heterocycles. The van der Waals surface area contributed by atoms with E-state index in [0.717, 1.165) is 16.6 Å². The maximum atomic E-state index is 13.0. The molecule has 1 aliphatic rings. The van der Waals surface area contributed by atoms with E-state index in [4.69, 9.17) is 0 Å². The normalized spacial score (nSPS) is 16.4. The molecule has 7 nitrogen and oxygen atoms in total. The number of carbonyl (C=O) groups excluding carboxylic acids is 1. The Kier molecular flexibility index (Phi) is 5.04. The van der Waals surface area contributed by atoms with Gasteiger partial charge >= 0.3 is 0 Å². The minimum Gasteiger partial charge on any atom is -0.337 e. The van der Waals surface area contributed by atoms with Gasteiger partial charge in [0.1, 0.15) is 15.9 Å². The molecular formula is C17H16N4O3S3. The Hall–Kier alpha value is -2.14. The molecule has 1 saturated heterocycles. The molecule has 10 heteroatoms. The average molecular weight is 421 g/mol. The molecular weight excluding hydrogens is 404 g/mol. The van der Waals surface area contributed by atoms with Crippen LogP contribution in [0.25, 0.3) is 17.1 Å². The second kappa shape index (κ2) is 7.47. The van der Waals surface area contributed by atoms with Crippen molar-refractivity contribution < 1.29 is 13.2 Å². The molecule has 27 heavy (non-hydrogen) atoms. The van der Waals surface area contributed by atoms with Gasteiger partial charge < -0.3 is 4.90 Å². The molecule has 4 rings (SSSR count). The van der Waals surface area contributed by atoms with E-state index in [1.165, 1.54) is 10.4 Å². The Morgan fingerprint density at radius 3 is 2.63 bits per heavy atom. The van der Waals surface area contributed by atoms with Crippen LogP contribution in [0.3, 0.4) is 0 Å². The van der Waals surface area contributed by atoms with Gasteiger partial charge in [0.2, 0.25) is 15.9 Å². The van der Waals surface area contributed by atoms with Gasteiger partial charge in [0.15, 0.2) is 0 Å². The van der Waals surface area contributed by atoms with Crippen LogP contribution in [-0.4, -0.2) is 58.5 Å². The summed E-state index contributed by atoms with van der Waals surface area (Å²) in [6.07, 6.45) is 3.32. The summed E-state index contributed by atoms with van der Waals surface area (Å²) in [6, 6.07) is 8.84. The van der Waals surface area contributed by atoms with Gasteiger partial charge in [-0.05, 0) is 29.7 Å². The Morgan fingerprint density at radius 2 is 1.89 bits per heavy atom. The lowest BCUT2D eigenvalue weighted by Crippen LogP contribution is -2.50. The summed E-state index contributed by atoms with van der Waals surface area (Å²) in [5, 5.41) is 1.95. The predicted molar refractivity (Wildman–Crippen MR) is 106 cm³/mol. The maximum absolute atomic E-state index is 13.0. The predicted octanol–water partition coefficient (Wildman–Crippen LogP) is 2.30. The zero-order valence-corrected chi connectivity index (χ0v) is 16.6. The number of piperazine rings is 1. The quantitative estimate of drug-likeness (QED) is 0.605. The number of nitrogens with zero attached hydrogens (tertiary/aromatic N) is 4. The number of hydrogen-bond acceptors (Lipinski definition) is 7. The van der Waals surface area contributed by atoms with Crippen LogP contribution >= 0.6 is 23.1 Å². The topological polar surface area (TPSA) is 83.5 Å². The second-order valence-corrected chi connectivity index (χ2v) is 9.38. The molecule has 1 amide bonds. The molecule has 0 aliphatic carbocycles. The lowest BCUT2D eigenvalue weighted by atomic mass is 10.3. The number of aromatic nitrogens is 2. The molecule has 0 saturated carbocycles. The Bertz CT molecular complexity index is 1080. The first-order valence-electron chi connectivity index (χ1n) is 8.27. The van der Waals surface area contributed by atoms with Crippen LogP contribution in [0.4, 0.5) is 0 Å². The summed E-state index contributed by atoms with van der Waals surface area (Å²) in [5.74, 6) is -0.105. The van der Waals surface area contributed by atoms with Crippen LogP contribution in [-0.2, 0) is 14.8 Å². The molecule has 0 unspecified atom stereocenters. The highest BCUT2D eigenvalue weighted by molar-refractivity contribution is 7.89. The lowest BCUT2D eigenvalue weighted by molar-refractivity contribution is -0.127. The van der Waals surface area contributed by atoms with Gasteiger partial charge in [0.05, 0.1) is 11.7 Å². The summed E-state index contributed by atoms with van der Waals surface area (Å²) in [4.78, 5) is 15.2. The van der Waals surface area contributed by atoms with E-state index < -0.39 is 10.0 Å². The van der Waals surface area contributed by atoms with Crippen molar-refractivity contribution in [3.05, 3.63) is 46.7 Å². The van der Waals surface area contributed by atoms with E-state index in [1.807, 2.05) is 17.5 Å². The van der Waals surface area contributed by atoms with Crippen LogP contribution < -0.4 is 0 Å². The minimum absolute atomic E-state index is 0.105. The highest BCUT2D eigenvalue weighted by Crippen LogP contribution is 2.25. The zero-order valence-electron chi connectivity index (χ0n) is 14.2.